The van der Waals surface area contributed by atoms with Gasteiger partial charge in [0, 0.05) is 23.5 Å². The molecule has 1 fully saturated rings. The van der Waals surface area contributed by atoms with E-state index < -0.39 is 0 Å². The number of hydrogen-bond donors (Lipinski definition) is 1. The molecule has 3 heterocycles. The van der Waals surface area contributed by atoms with E-state index in [0.717, 1.165) is 44.1 Å². The lowest BCUT2D eigenvalue weighted by atomic mass is 9.88. The molecule has 0 radical (unpaired) electrons. The first-order valence-electron chi connectivity index (χ1n) is 11.1. The highest BCUT2D eigenvalue weighted by atomic mass is 32.1. The summed E-state index contributed by atoms with van der Waals surface area (Å²) in [6.07, 6.45) is 6.12. The molecule has 1 amide bonds. The van der Waals surface area contributed by atoms with E-state index in [1.807, 2.05) is 0 Å². The van der Waals surface area contributed by atoms with E-state index in [1.165, 1.54) is 46.2 Å². The van der Waals surface area contributed by atoms with Crippen LogP contribution in [0.3, 0.4) is 0 Å². The normalized spacial score (nSPS) is 17.8. The van der Waals surface area contributed by atoms with Crippen LogP contribution < -0.4 is 5.32 Å². The molecule has 2 aliphatic rings. The maximum absolute atomic E-state index is 12.9. The Morgan fingerprint density at radius 2 is 1.87 bits per heavy atom. The number of furan rings is 1. The molecule has 0 bridgehead atoms. The van der Waals surface area contributed by atoms with E-state index >= 15 is 0 Å². The highest BCUT2D eigenvalue weighted by molar-refractivity contribution is 7.16. The summed E-state index contributed by atoms with van der Waals surface area (Å²) in [7, 11) is 0. The Balaban J connectivity index is 1.60. The lowest BCUT2D eigenvalue weighted by Crippen LogP contribution is -2.40. The van der Waals surface area contributed by atoms with Gasteiger partial charge in [0.25, 0.3) is 5.91 Å². The molecule has 1 N–H and O–H groups in total. The molecule has 1 atom stereocenters. The molecule has 5 nitrogen and oxygen atoms in total. The van der Waals surface area contributed by atoms with Crippen molar-refractivity contribution < 1.29 is 13.9 Å². The summed E-state index contributed by atoms with van der Waals surface area (Å²) in [4.78, 5) is 16.8. The third-order valence-electron chi connectivity index (χ3n) is 6.26. The Bertz CT molecular complexity index is 1030. The van der Waals surface area contributed by atoms with Gasteiger partial charge in [0.1, 0.15) is 5.00 Å². The zero-order valence-corrected chi connectivity index (χ0v) is 18.7. The molecule has 1 aliphatic carbocycles. The second-order valence-electron chi connectivity index (χ2n) is 8.35. The number of morpholine rings is 1. The zero-order chi connectivity index (χ0) is 21.2. The van der Waals surface area contributed by atoms with Crippen molar-refractivity contribution in [2.45, 2.75) is 38.6 Å². The molecule has 0 saturated carbocycles. The summed E-state index contributed by atoms with van der Waals surface area (Å²) >= 11 is 1.75. The number of carbonyl (C=O) groups excluding carboxylic acids is 1. The minimum absolute atomic E-state index is 0.106. The highest BCUT2D eigenvalue weighted by Crippen LogP contribution is 2.45. The minimum atomic E-state index is -0.186. The number of hydrogen-bond acceptors (Lipinski definition) is 5. The van der Waals surface area contributed by atoms with Crippen LogP contribution in [0.1, 0.15) is 56.6 Å². The summed E-state index contributed by atoms with van der Waals surface area (Å²) in [6.45, 7) is 5.37. The number of thiophene rings is 1. The average molecular weight is 437 g/mol. The van der Waals surface area contributed by atoms with E-state index in [4.69, 9.17) is 9.15 Å². The first-order chi connectivity index (χ1) is 15.2. The molecule has 5 rings (SSSR count). The van der Waals surface area contributed by atoms with Crippen LogP contribution in [0.5, 0.6) is 0 Å². The quantitative estimate of drug-likeness (QED) is 0.597. The Hall–Kier alpha value is -2.41. The monoisotopic (exact) mass is 436 g/mol. The summed E-state index contributed by atoms with van der Waals surface area (Å²) in [5.41, 5.74) is 5.23. The molecule has 6 heteroatoms. The van der Waals surface area contributed by atoms with Gasteiger partial charge in [0.15, 0.2) is 5.76 Å². The Kier molecular flexibility index (Phi) is 5.94. The average Bonchev–Trinajstić information content (AvgIpc) is 3.45. The Morgan fingerprint density at radius 1 is 1.10 bits per heavy atom. The van der Waals surface area contributed by atoms with Gasteiger partial charge >= 0.3 is 0 Å². The minimum Gasteiger partial charge on any atom is -0.459 e. The van der Waals surface area contributed by atoms with Crippen LogP contribution in [-0.4, -0.2) is 37.1 Å². The molecule has 162 valence electrons. The van der Waals surface area contributed by atoms with Crippen molar-refractivity contribution in [3.63, 3.8) is 0 Å². The third-order valence-corrected chi connectivity index (χ3v) is 7.48. The van der Waals surface area contributed by atoms with Gasteiger partial charge in [-0.05, 0) is 55.9 Å². The van der Waals surface area contributed by atoms with Crippen molar-refractivity contribution >= 4 is 22.2 Å². The number of fused-ring (bicyclic) bond motifs is 1. The van der Waals surface area contributed by atoms with Crippen LogP contribution in [-0.2, 0) is 17.6 Å². The van der Waals surface area contributed by atoms with Gasteiger partial charge in [-0.3, -0.25) is 9.69 Å². The van der Waals surface area contributed by atoms with E-state index in [0.29, 0.717) is 5.76 Å². The van der Waals surface area contributed by atoms with Gasteiger partial charge in [-0.25, -0.2) is 0 Å². The number of aryl methyl sites for hydroxylation is 2. The van der Waals surface area contributed by atoms with Gasteiger partial charge in [0.2, 0.25) is 0 Å². The molecular weight excluding hydrogens is 408 g/mol. The van der Waals surface area contributed by atoms with Crippen LogP contribution in [0.15, 0.2) is 47.1 Å². The number of carbonyl (C=O) groups is 1. The summed E-state index contributed by atoms with van der Waals surface area (Å²) in [6, 6.07) is 12.4. The lowest BCUT2D eigenvalue weighted by Gasteiger charge is -2.36. The molecule has 0 unspecified atom stereocenters. The van der Waals surface area contributed by atoms with Crippen molar-refractivity contribution in [1.29, 1.82) is 0 Å². The lowest BCUT2D eigenvalue weighted by molar-refractivity contribution is 0.0239. The van der Waals surface area contributed by atoms with Gasteiger partial charge in [-0.15, -0.1) is 11.3 Å². The van der Waals surface area contributed by atoms with Crippen molar-refractivity contribution in [3.8, 4) is 0 Å². The number of nitrogens with zero attached hydrogens (tertiary/aromatic N) is 1. The number of ether oxygens (including phenoxy) is 1. The third kappa shape index (κ3) is 4.20. The zero-order valence-electron chi connectivity index (χ0n) is 17.9. The molecule has 1 saturated heterocycles. The molecule has 0 spiro atoms. The Labute approximate surface area is 187 Å². The van der Waals surface area contributed by atoms with Crippen molar-refractivity contribution in [2.24, 2.45) is 0 Å². The number of anilines is 1. The van der Waals surface area contributed by atoms with E-state index in [2.05, 4.69) is 41.4 Å². The SMILES string of the molecule is Cc1ccc([C@@H](c2c(NC(=O)c3ccco3)sc3c2CCCC3)N2CCOCC2)cc1. The first-order valence-corrected chi connectivity index (χ1v) is 11.9. The predicted molar refractivity (Wildman–Crippen MR) is 123 cm³/mol. The van der Waals surface area contributed by atoms with E-state index in [1.54, 1.807) is 23.5 Å². The number of amides is 1. The molecule has 2 aromatic heterocycles. The van der Waals surface area contributed by atoms with E-state index in [9.17, 15) is 4.79 Å². The summed E-state index contributed by atoms with van der Waals surface area (Å²) in [5, 5.41) is 4.16. The fraction of sp³-hybridized carbons (Fsp3) is 0.400. The molecule has 1 aromatic carbocycles. The summed E-state index contributed by atoms with van der Waals surface area (Å²) in [5.74, 6) is 0.157. The van der Waals surface area contributed by atoms with Crippen LogP contribution in [0.25, 0.3) is 0 Å². The standard InChI is InChI=1S/C25H28N2O3S/c1-17-8-10-18(11-9-17)23(27-12-15-29-16-13-27)22-19-5-2-3-7-21(19)31-25(22)26-24(28)20-6-4-14-30-20/h4,6,8-11,14,23H,2-3,5,7,12-13,15-16H2,1H3,(H,26,28)/t23-/m0/s1. The predicted octanol–water partition coefficient (Wildman–Crippen LogP) is 5.20. The number of benzene rings is 1. The number of rotatable bonds is 5. The topological polar surface area (TPSA) is 54.7 Å². The second kappa shape index (κ2) is 8.99. The van der Waals surface area contributed by atoms with Gasteiger partial charge in [-0.1, -0.05) is 29.8 Å². The smallest absolute Gasteiger partial charge is 0.291 e. The molecule has 1 aliphatic heterocycles. The van der Waals surface area contributed by atoms with Crippen LogP contribution in [0.4, 0.5) is 5.00 Å². The maximum atomic E-state index is 12.9. The van der Waals surface area contributed by atoms with Gasteiger partial charge in [-0.2, -0.15) is 0 Å². The molecule has 31 heavy (non-hydrogen) atoms. The maximum Gasteiger partial charge on any atom is 0.291 e. The van der Waals surface area contributed by atoms with Crippen LogP contribution >= 0.6 is 11.3 Å². The molecule has 3 aromatic rings. The Morgan fingerprint density at radius 3 is 2.61 bits per heavy atom. The fourth-order valence-electron chi connectivity index (χ4n) is 4.69. The highest BCUT2D eigenvalue weighted by Gasteiger charge is 2.33. The van der Waals surface area contributed by atoms with Crippen LogP contribution in [0.2, 0.25) is 0 Å². The van der Waals surface area contributed by atoms with Gasteiger partial charge in [0.05, 0.1) is 25.5 Å². The van der Waals surface area contributed by atoms with Crippen molar-refractivity contribution in [1.82, 2.24) is 4.90 Å². The fourth-order valence-corrected chi connectivity index (χ4v) is 6.01. The second-order valence-corrected chi connectivity index (χ2v) is 9.45. The number of nitrogens with one attached hydrogen (secondary N) is 1. The van der Waals surface area contributed by atoms with Crippen molar-refractivity contribution in [3.05, 3.63) is 75.6 Å². The molecular formula is C25H28N2O3S. The largest absolute Gasteiger partial charge is 0.459 e. The van der Waals surface area contributed by atoms with Gasteiger partial charge < -0.3 is 14.5 Å². The van der Waals surface area contributed by atoms with Crippen molar-refractivity contribution in [2.75, 3.05) is 31.6 Å². The van der Waals surface area contributed by atoms with Crippen LogP contribution in [0, 0.1) is 6.92 Å². The van der Waals surface area contributed by atoms with E-state index in [-0.39, 0.29) is 11.9 Å². The summed E-state index contributed by atoms with van der Waals surface area (Å²) < 4.78 is 11.0. The first kappa shape index (κ1) is 20.5.